The van der Waals surface area contributed by atoms with Crippen LogP contribution in [0.15, 0.2) is 35.7 Å². The Kier molecular flexibility index (Phi) is 7.32. The highest BCUT2D eigenvalue weighted by Crippen LogP contribution is 2.22. The fraction of sp³-hybridized carbons (Fsp3) is 0.250. The molecule has 2 amide bonds. The maximum Gasteiger partial charge on any atom is 0.313 e. The van der Waals surface area contributed by atoms with Gasteiger partial charge in [-0.2, -0.15) is 0 Å². The minimum atomic E-state index is -0.908. The Labute approximate surface area is 152 Å². The summed E-state index contributed by atoms with van der Waals surface area (Å²) in [6, 6.07) is 7.26. The molecule has 134 valence electrons. The summed E-state index contributed by atoms with van der Waals surface area (Å²) < 4.78 is 18.6. The van der Waals surface area contributed by atoms with Crippen molar-refractivity contribution in [1.82, 2.24) is 5.32 Å². The van der Waals surface area contributed by atoms with Crippen LogP contribution in [0.3, 0.4) is 0 Å². The van der Waals surface area contributed by atoms with Gasteiger partial charge in [0.2, 0.25) is 0 Å². The highest BCUT2D eigenvalue weighted by atomic mass is 35.5. The smallest absolute Gasteiger partial charge is 0.313 e. The monoisotopic (exact) mass is 386 g/mol. The Morgan fingerprint density at radius 1 is 1.32 bits per heavy atom. The first kappa shape index (κ1) is 19.3. The van der Waals surface area contributed by atoms with Crippen molar-refractivity contribution in [3.05, 3.63) is 51.4 Å². The average molecular weight is 387 g/mol. The Balaban J connectivity index is 1.90. The van der Waals surface area contributed by atoms with E-state index in [1.165, 1.54) is 23.5 Å². The van der Waals surface area contributed by atoms with Gasteiger partial charge in [-0.15, -0.1) is 11.3 Å². The highest BCUT2D eigenvalue weighted by Gasteiger charge is 2.18. The number of nitrogens with one attached hydrogen (secondary N) is 2. The van der Waals surface area contributed by atoms with Crippen LogP contribution in [0, 0.1) is 5.82 Å². The average Bonchev–Trinajstić information content (AvgIpc) is 3.12. The molecule has 1 aromatic heterocycles. The predicted octanol–water partition coefficient (Wildman–Crippen LogP) is 2.35. The zero-order valence-electron chi connectivity index (χ0n) is 13.0. The number of halogens is 2. The minimum absolute atomic E-state index is 0.0664. The molecule has 0 spiro atoms. The number of amides is 2. The second-order valence-corrected chi connectivity index (χ2v) is 6.28. The summed E-state index contributed by atoms with van der Waals surface area (Å²) in [4.78, 5) is 24.7. The van der Waals surface area contributed by atoms with Gasteiger partial charge in [-0.25, -0.2) is 4.39 Å². The number of rotatable bonds is 7. The molecule has 3 N–H and O–H groups in total. The predicted molar refractivity (Wildman–Crippen MR) is 93.1 cm³/mol. The summed E-state index contributed by atoms with van der Waals surface area (Å²) in [5.74, 6) is -2.40. The van der Waals surface area contributed by atoms with Crippen molar-refractivity contribution in [2.75, 3.05) is 25.1 Å². The molecule has 1 aromatic carbocycles. The molecule has 0 radical (unpaired) electrons. The fourth-order valence-corrected chi connectivity index (χ4v) is 2.89. The molecule has 0 fully saturated rings. The normalized spacial score (nSPS) is 11.8. The van der Waals surface area contributed by atoms with Gasteiger partial charge in [0.1, 0.15) is 11.9 Å². The Morgan fingerprint density at radius 2 is 2.12 bits per heavy atom. The fourth-order valence-electron chi connectivity index (χ4n) is 1.94. The molecule has 0 saturated heterocycles. The minimum Gasteiger partial charge on any atom is -0.394 e. The second-order valence-electron chi connectivity index (χ2n) is 4.89. The third-order valence-corrected chi connectivity index (χ3v) is 4.36. The number of hydrogen-bond donors (Lipinski definition) is 3. The number of benzene rings is 1. The Hall–Kier alpha value is -2.00. The van der Waals surface area contributed by atoms with Crippen LogP contribution >= 0.6 is 22.9 Å². The van der Waals surface area contributed by atoms with Crippen molar-refractivity contribution in [2.45, 2.75) is 6.10 Å². The largest absolute Gasteiger partial charge is 0.394 e. The molecule has 0 unspecified atom stereocenters. The van der Waals surface area contributed by atoms with Crippen LogP contribution in [0.1, 0.15) is 11.0 Å². The molecule has 25 heavy (non-hydrogen) atoms. The molecule has 1 atom stereocenters. The molecular formula is C16H16ClFN2O4S. The van der Waals surface area contributed by atoms with Crippen molar-refractivity contribution in [1.29, 1.82) is 0 Å². The van der Waals surface area contributed by atoms with E-state index in [9.17, 15) is 14.0 Å². The van der Waals surface area contributed by atoms with Crippen LogP contribution in [0.4, 0.5) is 10.1 Å². The molecule has 2 aromatic rings. The van der Waals surface area contributed by atoms with Crippen LogP contribution in [0.2, 0.25) is 5.02 Å². The quantitative estimate of drug-likeness (QED) is 0.637. The number of ether oxygens (including phenoxy) is 1. The van der Waals surface area contributed by atoms with E-state index in [0.717, 1.165) is 10.9 Å². The third-order valence-electron chi connectivity index (χ3n) is 3.10. The van der Waals surface area contributed by atoms with Crippen LogP contribution in [-0.2, 0) is 14.3 Å². The van der Waals surface area contributed by atoms with E-state index < -0.39 is 23.7 Å². The number of hydrogen-bond acceptors (Lipinski definition) is 5. The molecule has 0 bridgehead atoms. The zero-order chi connectivity index (χ0) is 18.2. The van der Waals surface area contributed by atoms with Gasteiger partial charge in [0, 0.05) is 17.1 Å². The van der Waals surface area contributed by atoms with Crippen molar-refractivity contribution in [3.63, 3.8) is 0 Å². The number of aliphatic hydroxyl groups is 1. The highest BCUT2D eigenvalue weighted by molar-refractivity contribution is 7.10. The summed E-state index contributed by atoms with van der Waals surface area (Å²) >= 11 is 7.06. The number of aliphatic hydroxyl groups excluding tert-OH is 1. The first-order valence-electron chi connectivity index (χ1n) is 7.31. The summed E-state index contributed by atoms with van der Waals surface area (Å²) in [6.45, 7) is 0.0251. The number of carbonyl (C=O) groups excluding carboxylic acids is 2. The zero-order valence-corrected chi connectivity index (χ0v) is 14.6. The van der Waals surface area contributed by atoms with Crippen molar-refractivity contribution in [3.8, 4) is 0 Å². The molecule has 9 heteroatoms. The standard InChI is InChI=1S/C16H16ClFN2O4S/c17-11-8-10(3-4-12(11)18)20-16(23)15(22)19-9-13(24-6-5-21)14-2-1-7-25-14/h1-4,7-8,13,21H,5-6,9H2,(H,19,22)(H,20,23)/t13-/m0/s1. The van der Waals surface area contributed by atoms with E-state index in [1.54, 1.807) is 0 Å². The summed E-state index contributed by atoms with van der Waals surface area (Å²) in [5, 5.41) is 15.4. The molecule has 0 aliphatic rings. The number of carbonyl (C=O) groups is 2. The number of thiophene rings is 1. The molecule has 2 rings (SSSR count). The van der Waals surface area contributed by atoms with Gasteiger partial charge in [-0.3, -0.25) is 9.59 Å². The van der Waals surface area contributed by atoms with Crippen LogP contribution in [-0.4, -0.2) is 36.7 Å². The number of anilines is 1. The lowest BCUT2D eigenvalue weighted by Crippen LogP contribution is -2.38. The van der Waals surface area contributed by atoms with Gasteiger partial charge >= 0.3 is 11.8 Å². The topological polar surface area (TPSA) is 87.7 Å². The summed E-state index contributed by atoms with van der Waals surface area (Å²) in [6.07, 6.45) is -0.468. The van der Waals surface area contributed by atoms with Gasteiger partial charge in [-0.1, -0.05) is 17.7 Å². The molecule has 0 saturated carbocycles. The van der Waals surface area contributed by atoms with E-state index >= 15 is 0 Å². The van der Waals surface area contributed by atoms with E-state index in [4.69, 9.17) is 21.4 Å². The van der Waals surface area contributed by atoms with Gasteiger partial charge in [-0.05, 0) is 29.6 Å². The van der Waals surface area contributed by atoms with Crippen LogP contribution < -0.4 is 10.6 Å². The lowest BCUT2D eigenvalue weighted by molar-refractivity contribution is -0.136. The summed E-state index contributed by atoms with van der Waals surface area (Å²) in [7, 11) is 0. The van der Waals surface area contributed by atoms with Crippen molar-refractivity contribution in [2.24, 2.45) is 0 Å². The first-order valence-corrected chi connectivity index (χ1v) is 8.57. The molecular weight excluding hydrogens is 371 g/mol. The maximum atomic E-state index is 13.1. The van der Waals surface area contributed by atoms with Gasteiger partial charge < -0.3 is 20.5 Å². The SMILES string of the molecule is O=C(NC[C@H](OCCO)c1cccs1)C(=O)Nc1ccc(F)c(Cl)c1. The third kappa shape index (κ3) is 5.79. The van der Waals surface area contributed by atoms with Crippen molar-refractivity contribution >= 4 is 40.4 Å². The van der Waals surface area contributed by atoms with Crippen LogP contribution in [0.25, 0.3) is 0 Å². The first-order chi connectivity index (χ1) is 12.0. The van der Waals surface area contributed by atoms with E-state index in [0.29, 0.717) is 0 Å². The molecule has 0 aliphatic heterocycles. The van der Waals surface area contributed by atoms with E-state index in [-0.39, 0.29) is 30.5 Å². The Bertz CT molecular complexity index is 727. The maximum absolute atomic E-state index is 13.1. The molecule has 6 nitrogen and oxygen atoms in total. The lowest BCUT2D eigenvalue weighted by atomic mass is 10.2. The second kappa shape index (κ2) is 9.47. The van der Waals surface area contributed by atoms with Gasteiger partial charge in [0.15, 0.2) is 0 Å². The Morgan fingerprint density at radius 3 is 2.76 bits per heavy atom. The molecule has 1 heterocycles. The molecule has 0 aliphatic carbocycles. The van der Waals surface area contributed by atoms with Gasteiger partial charge in [0.25, 0.3) is 0 Å². The van der Waals surface area contributed by atoms with E-state index in [1.807, 2.05) is 17.5 Å². The van der Waals surface area contributed by atoms with Crippen molar-refractivity contribution < 1.29 is 23.8 Å². The van der Waals surface area contributed by atoms with Crippen LogP contribution in [0.5, 0.6) is 0 Å². The van der Waals surface area contributed by atoms with E-state index in [2.05, 4.69) is 10.6 Å². The van der Waals surface area contributed by atoms with Gasteiger partial charge in [0.05, 0.1) is 18.2 Å². The summed E-state index contributed by atoms with van der Waals surface area (Å²) in [5.41, 5.74) is 0.206. The lowest BCUT2D eigenvalue weighted by Gasteiger charge is -2.16.